The zero-order valence-electron chi connectivity index (χ0n) is 13.9. The Balaban J connectivity index is 2.03. The fourth-order valence-electron chi connectivity index (χ4n) is 1.87. The maximum Gasteiger partial charge on any atom is 0.314 e. The Morgan fingerprint density at radius 1 is 1.14 bits per heavy atom. The summed E-state index contributed by atoms with van der Waals surface area (Å²) in [6.45, 7) is 6.94. The van der Waals surface area contributed by atoms with Crippen molar-refractivity contribution in [2.24, 2.45) is 5.92 Å². The molecule has 0 aromatic heterocycles. The zero-order valence-corrected chi connectivity index (χ0v) is 13.9. The molecular weight excluding hydrogens is 280 g/mol. The van der Waals surface area contributed by atoms with E-state index in [1.807, 2.05) is 24.3 Å². The van der Waals surface area contributed by atoms with Gasteiger partial charge in [-0.05, 0) is 36.5 Å². The second kappa shape index (κ2) is 10.9. The minimum Gasteiger partial charge on any atom is -0.497 e. The van der Waals surface area contributed by atoms with Crippen LogP contribution in [-0.4, -0.2) is 39.4 Å². The molecule has 0 aliphatic carbocycles. The lowest BCUT2D eigenvalue weighted by atomic mass is 10.1. The number of urea groups is 1. The monoisotopic (exact) mass is 308 g/mol. The van der Waals surface area contributed by atoms with E-state index in [9.17, 15) is 4.79 Å². The van der Waals surface area contributed by atoms with Crippen molar-refractivity contribution in [3.05, 3.63) is 29.8 Å². The minimum atomic E-state index is -0.127. The summed E-state index contributed by atoms with van der Waals surface area (Å²) >= 11 is 0. The van der Waals surface area contributed by atoms with Gasteiger partial charge in [0, 0.05) is 26.3 Å². The Bertz CT molecular complexity index is 418. The molecule has 1 aromatic carbocycles. The van der Waals surface area contributed by atoms with Crippen molar-refractivity contribution in [1.82, 2.24) is 10.6 Å². The van der Waals surface area contributed by atoms with Gasteiger partial charge in [-0.15, -0.1) is 0 Å². The molecule has 0 aliphatic rings. The summed E-state index contributed by atoms with van der Waals surface area (Å²) in [5.74, 6) is 1.39. The van der Waals surface area contributed by atoms with Gasteiger partial charge in [0.25, 0.3) is 0 Å². The van der Waals surface area contributed by atoms with Crippen LogP contribution in [0.15, 0.2) is 24.3 Å². The first-order valence-corrected chi connectivity index (χ1v) is 7.84. The van der Waals surface area contributed by atoms with Gasteiger partial charge in [-0.2, -0.15) is 0 Å². The topological polar surface area (TPSA) is 59.6 Å². The van der Waals surface area contributed by atoms with Gasteiger partial charge >= 0.3 is 6.03 Å². The fraction of sp³-hybridized carbons (Fsp3) is 0.588. The molecule has 2 N–H and O–H groups in total. The largest absolute Gasteiger partial charge is 0.497 e. The molecule has 124 valence electrons. The molecule has 22 heavy (non-hydrogen) atoms. The molecule has 0 saturated carbocycles. The van der Waals surface area contributed by atoms with E-state index >= 15 is 0 Å². The average Bonchev–Trinajstić information content (AvgIpc) is 2.51. The van der Waals surface area contributed by atoms with E-state index < -0.39 is 0 Å². The van der Waals surface area contributed by atoms with E-state index in [2.05, 4.69) is 24.5 Å². The first-order valence-electron chi connectivity index (χ1n) is 7.84. The van der Waals surface area contributed by atoms with Crippen molar-refractivity contribution in [2.45, 2.75) is 26.7 Å². The van der Waals surface area contributed by atoms with Gasteiger partial charge in [0.15, 0.2) is 0 Å². The van der Waals surface area contributed by atoms with E-state index in [1.54, 1.807) is 7.11 Å². The number of rotatable bonds is 10. The molecule has 0 radical (unpaired) electrons. The molecule has 0 aliphatic heterocycles. The number of nitrogens with one attached hydrogen (secondary N) is 2. The highest BCUT2D eigenvalue weighted by Gasteiger charge is 2.00. The summed E-state index contributed by atoms with van der Waals surface area (Å²) in [6.07, 6.45) is 1.63. The summed E-state index contributed by atoms with van der Waals surface area (Å²) in [5.41, 5.74) is 1.17. The van der Waals surface area contributed by atoms with Crippen LogP contribution in [0.5, 0.6) is 5.75 Å². The van der Waals surface area contributed by atoms with Crippen molar-refractivity contribution in [3.8, 4) is 5.75 Å². The number of hydrogen-bond acceptors (Lipinski definition) is 3. The second-order valence-electron chi connectivity index (χ2n) is 5.60. The zero-order chi connectivity index (χ0) is 16.2. The van der Waals surface area contributed by atoms with Gasteiger partial charge < -0.3 is 20.1 Å². The highest BCUT2D eigenvalue weighted by molar-refractivity contribution is 5.73. The van der Waals surface area contributed by atoms with Crippen LogP contribution in [0.25, 0.3) is 0 Å². The Kier molecular flexibility index (Phi) is 9.07. The lowest BCUT2D eigenvalue weighted by Gasteiger charge is -2.09. The van der Waals surface area contributed by atoms with Crippen LogP contribution in [0.4, 0.5) is 4.79 Å². The molecular formula is C17H28N2O3. The molecule has 5 heteroatoms. The smallest absolute Gasteiger partial charge is 0.314 e. The third-order valence-electron chi connectivity index (χ3n) is 3.06. The quantitative estimate of drug-likeness (QED) is 0.653. The summed E-state index contributed by atoms with van der Waals surface area (Å²) < 4.78 is 10.6. The number of amides is 2. The Morgan fingerprint density at radius 2 is 1.82 bits per heavy atom. The standard InChI is InChI=1S/C17H28N2O3/c1-14(2)13-22-12-4-10-18-17(20)19-11-9-15-5-7-16(21-3)8-6-15/h5-8,14H,4,9-13H2,1-3H3,(H2,18,19,20). The molecule has 5 nitrogen and oxygen atoms in total. The van der Waals surface area contributed by atoms with Gasteiger partial charge in [-0.3, -0.25) is 0 Å². The van der Waals surface area contributed by atoms with Crippen LogP contribution < -0.4 is 15.4 Å². The maximum atomic E-state index is 11.6. The molecule has 0 unspecified atom stereocenters. The number of hydrogen-bond donors (Lipinski definition) is 2. The van der Waals surface area contributed by atoms with Crippen molar-refractivity contribution < 1.29 is 14.3 Å². The molecule has 0 saturated heterocycles. The molecule has 2 amide bonds. The Labute approximate surface area is 133 Å². The van der Waals surface area contributed by atoms with Gasteiger partial charge in [-0.1, -0.05) is 26.0 Å². The molecule has 1 aromatic rings. The Hall–Kier alpha value is -1.75. The van der Waals surface area contributed by atoms with Crippen LogP contribution in [0.1, 0.15) is 25.8 Å². The van der Waals surface area contributed by atoms with Crippen LogP contribution in [0.3, 0.4) is 0 Å². The number of methoxy groups -OCH3 is 1. The Morgan fingerprint density at radius 3 is 2.45 bits per heavy atom. The van der Waals surface area contributed by atoms with Crippen molar-refractivity contribution in [2.75, 3.05) is 33.4 Å². The predicted octanol–water partition coefficient (Wildman–Crippen LogP) is 2.60. The van der Waals surface area contributed by atoms with Crippen LogP contribution in [0.2, 0.25) is 0 Å². The lowest BCUT2D eigenvalue weighted by molar-refractivity contribution is 0.108. The normalized spacial score (nSPS) is 10.5. The van der Waals surface area contributed by atoms with E-state index in [0.29, 0.717) is 25.6 Å². The van der Waals surface area contributed by atoms with E-state index in [0.717, 1.165) is 25.2 Å². The summed E-state index contributed by atoms with van der Waals surface area (Å²) in [5, 5.41) is 5.67. The molecule has 0 fully saturated rings. The number of ether oxygens (including phenoxy) is 2. The highest BCUT2D eigenvalue weighted by atomic mass is 16.5. The molecule has 0 atom stereocenters. The molecule has 0 bridgehead atoms. The van der Waals surface area contributed by atoms with Crippen LogP contribution >= 0.6 is 0 Å². The molecule has 0 heterocycles. The highest BCUT2D eigenvalue weighted by Crippen LogP contribution is 2.11. The van der Waals surface area contributed by atoms with E-state index in [4.69, 9.17) is 9.47 Å². The van der Waals surface area contributed by atoms with E-state index in [1.165, 1.54) is 5.56 Å². The SMILES string of the molecule is COc1ccc(CCNC(=O)NCCCOCC(C)C)cc1. The summed E-state index contributed by atoms with van der Waals surface area (Å²) in [7, 11) is 1.65. The van der Waals surface area contributed by atoms with Crippen LogP contribution in [-0.2, 0) is 11.2 Å². The van der Waals surface area contributed by atoms with Crippen molar-refractivity contribution >= 4 is 6.03 Å². The number of carbonyl (C=O) groups is 1. The minimum absolute atomic E-state index is 0.127. The van der Waals surface area contributed by atoms with Gasteiger partial charge in [0.2, 0.25) is 0 Å². The fourth-order valence-corrected chi connectivity index (χ4v) is 1.87. The predicted molar refractivity (Wildman–Crippen MR) is 88.4 cm³/mol. The summed E-state index contributed by atoms with van der Waals surface area (Å²) in [6, 6.07) is 7.73. The van der Waals surface area contributed by atoms with Crippen molar-refractivity contribution in [1.29, 1.82) is 0 Å². The van der Waals surface area contributed by atoms with E-state index in [-0.39, 0.29) is 6.03 Å². The lowest BCUT2D eigenvalue weighted by Crippen LogP contribution is -2.37. The van der Waals surface area contributed by atoms with Gasteiger partial charge in [-0.25, -0.2) is 4.79 Å². The van der Waals surface area contributed by atoms with Crippen molar-refractivity contribution in [3.63, 3.8) is 0 Å². The number of carbonyl (C=O) groups excluding carboxylic acids is 1. The van der Waals surface area contributed by atoms with Gasteiger partial charge in [0.05, 0.1) is 7.11 Å². The average molecular weight is 308 g/mol. The summed E-state index contributed by atoms with van der Waals surface area (Å²) in [4.78, 5) is 11.6. The molecule has 1 rings (SSSR count). The third-order valence-corrected chi connectivity index (χ3v) is 3.06. The maximum absolute atomic E-state index is 11.6. The van der Waals surface area contributed by atoms with Crippen LogP contribution in [0, 0.1) is 5.92 Å². The number of benzene rings is 1. The first kappa shape index (κ1) is 18.3. The second-order valence-corrected chi connectivity index (χ2v) is 5.60. The third kappa shape index (κ3) is 8.52. The first-order chi connectivity index (χ1) is 10.6. The molecule has 0 spiro atoms. The van der Waals surface area contributed by atoms with Gasteiger partial charge in [0.1, 0.15) is 5.75 Å².